The summed E-state index contributed by atoms with van der Waals surface area (Å²) >= 11 is 4.94. The van der Waals surface area contributed by atoms with Gasteiger partial charge in [-0.3, -0.25) is 38.6 Å². The Morgan fingerprint density at radius 3 is 2.49 bits per heavy atom. The first-order valence-electron chi connectivity index (χ1n) is 25.1. The first-order chi connectivity index (χ1) is 35.9. The van der Waals surface area contributed by atoms with Crippen LogP contribution in [0, 0.1) is 57.3 Å². The zero-order valence-corrected chi connectivity index (χ0v) is 46.3. The van der Waals surface area contributed by atoms with Crippen molar-refractivity contribution in [1.29, 1.82) is 0 Å². The van der Waals surface area contributed by atoms with Crippen LogP contribution in [-0.4, -0.2) is 127 Å². The number of esters is 1. The number of ether oxygens (including phenoxy) is 2. The quantitative estimate of drug-likeness (QED) is 0.0181. The van der Waals surface area contributed by atoms with E-state index in [1.165, 1.54) is 10.6 Å². The van der Waals surface area contributed by atoms with Gasteiger partial charge in [0.1, 0.15) is 36.9 Å². The number of cyclic esters (lactones) is 1. The van der Waals surface area contributed by atoms with E-state index in [1.807, 2.05) is 32.8 Å². The van der Waals surface area contributed by atoms with Crippen LogP contribution in [0.4, 0.5) is 4.39 Å². The van der Waals surface area contributed by atoms with Crippen molar-refractivity contribution in [2.24, 2.45) is 5.92 Å². The van der Waals surface area contributed by atoms with Crippen molar-refractivity contribution in [1.82, 2.24) is 60.7 Å². The Balaban J connectivity index is 0.00000937. The first kappa shape index (κ1) is 59.5. The number of nitrogens with zero attached hydrogens (tertiary/aromatic N) is 8. The molecule has 0 saturated carbocycles. The third kappa shape index (κ3) is 14.4. The van der Waals surface area contributed by atoms with E-state index < -0.39 is 59.3 Å². The van der Waals surface area contributed by atoms with E-state index in [2.05, 4.69) is 41.5 Å². The molecule has 76 heavy (non-hydrogen) atoms. The molecule has 5 N–H and O–H groups in total. The molecular formula is C52H64FN12O9STb-. The molecule has 3 atom stereocenters. The SMILES string of the molecule is CC[C@@]1(O)C(=O)OCc2c1cc1n(c2=O)Cc2c-1nc1cc(F)c(C)cc1c2/C=C/COCNC(=O)CNC(=O)[C@H](CCCCN(C)C)NC(=O)[C@@H](NC(=O)CCCCCn1cc(-c2cnc([S-])nc2)nn1)C(C)C.[Tb]. The molecular weight excluding hydrogens is 1150 g/mol. The zero-order chi connectivity index (χ0) is 54.0. The number of rotatable bonds is 25. The minimum Gasteiger partial charge on any atom is -0.740 e. The number of hydrogen-bond acceptors (Lipinski definition) is 16. The molecule has 5 aromatic rings. The van der Waals surface area contributed by atoms with Gasteiger partial charge in [0.15, 0.2) is 5.60 Å². The number of aryl methyl sites for hydroxylation is 2. The van der Waals surface area contributed by atoms with E-state index >= 15 is 0 Å². The molecule has 21 nitrogen and oxygen atoms in total. The van der Waals surface area contributed by atoms with Gasteiger partial charge in [-0.15, -0.1) is 5.10 Å². The Bertz CT molecular complexity index is 3020. The summed E-state index contributed by atoms with van der Waals surface area (Å²) in [6, 6.07) is 2.72. The molecule has 1 aromatic carbocycles. The van der Waals surface area contributed by atoms with E-state index in [0.717, 1.165) is 25.8 Å². The van der Waals surface area contributed by atoms with Crippen LogP contribution in [0.2, 0.25) is 0 Å². The van der Waals surface area contributed by atoms with Gasteiger partial charge in [0, 0.05) is 97.3 Å². The van der Waals surface area contributed by atoms with Crippen molar-refractivity contribution in [3.05, 3.63) is 86.9 Å². The van der Waals surface area contributed by atoms with Crippen molar-refractivity contribution in [2.75, 3.05) is 40.5 Å². The Hall–Kier alpha value is -5.79. The van der Waals surface area contributed by atoms with Gasteiger partial charge in [-0.25, -0.2) is 14.2 Å². The van der Waals surface area contributed by atoms with Crippen LogP contribution in [0.15, 0.2) is 52.8 Å². The molecule has 24 heteroatoms. The van der Waals surface area contributed by atoms with Crippen molar-refractivity contribution in [3.8, 4) is 22.6 Å². The summed E-state index contributed by atoms with van der Waals surface area (Å²) in [7, 11) is 3.88. The van der Waals surface area contributed by atoms with Gasteiger partial charge >= 0.3 is 5.97 Å². The molecule has 2 aliphatic rings. The van der Waals surface area contributed by atoms with Crippen LogP contribution in [0.5, 0.6) is 0 Å². The predicted molar refractivity (Wildman–Crippen MR) is 276 cm³/mol. The number of amides is 4. The fraction of sp³-hybridized carbons (Fsp3) is 0.481. The predicted octanol–water partition coefficient (Wildman–Crippen LogP) is 3.32. The molecule has 0 unspecified atom stereocenters. The topological polar surface area (TPSA) is 267 Å². The summed E-state index contributed by atoms with van der Waals surface area (Å²) in [5.74, 6) is -3.48. The van der Waals surface area contributed by atoms with E-state index in [1.54, 1.807) is 61.4 Å². The Morgan fingerprint density at radius 2 is 1.76 bits per heavy atom. The molecule has 2 aliphatic heterocycles. The maximum Gasteiger partial charge on any atom is 0.343 e. The summed E-state index contributed by atoms with van der Waals surface area (Å²) in [6.07, 6.45) is 12.4. The number of carbonyl (C=O) groups is 5. The normalized spacial score (nSPS) is 15.4. The number of fused-ring (bicyclic) bond motifs is 5. The summed E-state index contributed by atoms with van der Waals surface area (Å²) in [4.78, 5) is 94.6. The van der Waals surface area contributed by atoms with Crippen LogP contribution in [0.1, 0.15) is 100.0 Å². The molecule has 0 fully saturated rings. The molecule has 6 heterocycles. The molecule has 4 amide bonds. The monoisotopic (exact) mass is 1210 g/mol. The van der Waals surface area contributed by atoms with Crippen LogP contribution >= 0.6 is 0 Å². The Labute approximate surface area is 475 Å². The first-order valence-corrected chi connectivity index (χ1v) is 25.5. The van der Waals surface area contributed by atoms with Gasteiger partial charge < -0.3 is 57.9 Å². The number of nitrogens with one attached hydrogen (secondary N) is 4. The number of aromatic nitrogens is 7. The van der Waals surface area contributed by atoms with E-state index in [9.17, 15) is 38.3 Å². The fourth-order valence-corrected chi connectivity index (χ4v) is 9.13. The number of pyridine rings is 2. The number of hydrogen-bond donors (Lipinski definition) is 5. The maximum atomic E-state index is 14.9. The third-order valence-corrected chi connectivity index (χ3v) is 13.5. The van der Waals surface area contributed by atoms with Gasteiger partial charge in [0.25, 0.3) is 5.56 Å². The Morgan fingerprint density at radius 1 is 1.00 bits per heavy atom. The summed E-state index contributed by atoms with van der Waals surface area (Å²) in [5, 5.41) is 31.4. The molecule has 1 radical (unpaired) electrons. The van der Waals surface area contributed by atoms with Crippen molar-refractivity contribution in [2.45, 2.75) is 122 Å². The van der Waals surface area contributed by atoms with E-state index in [-0.39, 0.29) is 106 Å². The second-order valence-corrected chi connectivity index (χ2v) is 19.8. The number of halogens is 1. The molecule has 7 rings (SSSR count). The standard InChI is InChI=1S/C52H65FN12O9S.Tb/c1-7-52(72)37-21-42-46-35(26-65(42)49(70)36(37)28-74-50(52)71)33(34-20-31(4)38(53)22-40(34)58-46)14-13-19-73-29-57-44(67)25-54-47(68)39(15-10-12-17-63(5)6)59-48(69)45(30(2)3)60-43(66)16-9-8-11-18-64-27-41(61-62-64)32-23-55-51(75)56-24-32;/h13-14,20-24,27,30,39,45,72H,7-12,15-19,25-26,28-29H2,1-6H3,(H,54,68)(H,57,67)(H,59,69)(H,60,66)(H,55,56,75);/p-1/b14-13+;/t39-,45-,52-;/m0./s1. The van der Waals surface area contributed by atoms with Crippen LogP contribution in [-0.2, 0) is 71.4 Å². The summed E-state index contributed by atoms with van der Waals surface area (Å²) < 4.78 is 29.1. The minimum atomic E-state index is -2.01. The summed E-state index contributed by atoms with van der Waals surface area (Å²) in [6.45, 7) is 7.50. The number of aliphatic hydroxyl groups is 1. The van der Waals surface area contributed by atoms with Gasteiger partial charge in [-0.2, -0.15) is 0 Å². The molecule has 0 bridgehead atoms. The summed E-state index contributed by atoms with van der Waals surface area (Å²) in [5.41, 5.74) is 2.08. The van der Waals surface area contributed by atoms with Crippen molar-refractivity contribution < 1.29 is 81.6 Å². The van der Waals surface area contributed by atoms with Gasteiger partial charge in [-0.05, 0) is 95.3 Å². The van der Waals surface area contributed by atoms with Crippen molar-refractivity contribution in [3.63, 3.8) is 0 Å². The second-order valence-electron chi connectivity index (χ2n) is 19.4. The molecule has 0 spiro atoms. The average Bonchev–Trinajstić information content (AvgIpc) is 4.12. The van der Waals surface area contributed by atoms with Crippen LogP contribution < -0.4 is 26.8 Å². The average molecular weight is 1210 g/mol. The van der Waals surface area contributed by atoms with E-state index in [4.69, 9.17) is 27.1 Å². The van der Waals surface area contributed by atoms with Gasteiger partial charge in [0.05, 0.1) is 48.4 Å². The van der Waals surface area contributed by atoms with Gasteiger partial charge in [-0.1, -0.05) is 44.6 Å². The minimum absolute atomic E-state index is 0. The van der Waals surface area contributed by atoms with Gasteiger partial charge in [0.2, 0.25) is 23.6 Å². The largest absolute Gasteiger partial charge is 0.740 e. The molecule has 0 aliphatic carbocycles. The zero-order valence-electron chi connectivity index (χ0n) is 43.4. The Kier molecular flexibility index (Phi) is 21.1. The van der Waals surface area contributed by atoms with Crippen LogP contribution in [0.25, 0.3) is 39.6 Å². The van der Waals surface area contributed by atoms with E-state index in [0.29, 0.717) is 76.0 Å². The van der Waals surface area contributed by atoms with Crippen molar-refractivity contribution >= 4 is 59.2 Å². The molecule has 409 valence electrons. The molecule has 4 aromatic heterocycles. The number of carbonyl (C=O) groups excluding carboxylic acids is 5. The smallest absolute Gasteiger partial charge is 0.343 e. The molecule has 0 saturated heterocycles. The number of unbranched alkanes of at least 4 members (excludes halogenated alkanes) is 3. The fourth-order valence-electron chi connectivity index (χ4n) is 9.02. The number of benzene rings is 1. The third-order valence-electron chi connectivity index (χ3n) is 13.3. The maximum absolute atomic E-state index is 14.9. The second kappa shape index (κ2) is 27.0. The van der Waals surface area contributed by atoms with Crippen LogP contribution in [0.3, 0.4) is 0 Å².